The quantitative estimate of drug-likeness (QED) is 0.284. The molecule has 34 heavy (non-hydrogen) atoms. The van der Waals surface area contributed by atoms with Crippen molar-refractivity contribution >= 4 is 55.8 Å². The van der Waals surface area contributed by atoms with E-state index < -0.39 is 28.0 Å². The molecule has 10 nitrogen and oxygen atoms in total. The summed E-state index contributed by atoms with van der Waals surface area (Å²) in [5.41, 5.74) is 1.22. The van der Waals surface area contributed by atoms with Gasteiger partial charge in [-0.15, -0.1) is 10.2 Å². The highest BCUT2D eigenvalue weighted by Crippen LogP contribution is 2.38. The van der Waals surface area contributed by atoms with E-state index in [9.17, 15) is 18.0 Å². The molecule has 1 N–H and O–H groups in total. The average molecular weight is 521 g/mol. The van der Waals surface area contributed by atoms with Gasteiger partial charge in [-0.3, -0.25) is 19.2 Å². The summed E-state index contributed by atoms with van der Waals surface area (Å²) >= 11 is 2.21. The van der Waals surface area contributed by atoms with Crippen LogP contribution in [-0.2, 0) is 24.3 Å². The van der Waals surface area contributed by atoms with E-state index in [1.165, 1.54) is 23.5 Å². The lowest BCUT2D eigenvalue weighted by molar-refractivity contribution is -0.137. The number of amides is 1. The summed E-state index contributed by atoms with van der Waals surface area (Å²) in [6.07, 6.45) is -1.12. The predicted molar refractivity (Wildman–Crippen MR) is 128 cm³/mol. The van der Waals surface area contributed by atoms with Crippen LogP contribution in [0.1, 0.15) is 5.56 Å². The van der Waals surface area contributed by atoms with Crippen LogP contribution >= 0.6 is 23.1 Å². The maximum absolute atomic E-state index is 13.4. The molecular weight excluding hydrogens is 500 g/mol. The Balaban J connectivity index is 1.56. The highest BCUT2D eigenvalue weighted by atomic mass is 32.2. The van der Waals surface area contributed by atoms with Gasteiger partial charge in [0.05, 0.1) is 30.0 Å². The number of thioether (sulfide) groups is 1. The number of aryl methyl sites for hydroxylation is 1. The Kier molecular flexibility index (Phi) is 7.05. The smallest absolute Gasteiger partial charge is 0.316 e. The van der Waals surface area contributed by atoms with Crippen molar-refractivity contribution in [3.05, 3.63) is 54.1 Å². The summed E-state index contributed by atoms with van der Waals surface area (Å²) in [6.45, 7) is 1.62. The lowest BCUT2D eigenvalue weighted by Gasteiger charge is -2.34. The highest BCUT2D eigenvalue weighted by Gasteiger charge is 2.38. The molecule has 178 valence electrons. The molecule has 0 aliphatic carbocycles. The highest BCUT2D eigenvalue weighted by molar-refractivity contribution is 8.01. The second-order valence-corrected chi connectivity index (χ2v) is 11.2. The molecule has 2 aromatic carbocycles. The molecule has 4 rings (SSSR count). The van der Waals surface area contributed by atoms with Crippen molar-refractivity contribution in [3.8, 4) is 5.75 Å². The Bertz CT molecular complexity index is 1310. The van der Waals surface area contributed by atoms with E-state index >= 15 is 0 Å². The van der Waals surface area contributed by atoms with E-state index in [1.807, 2.05) is 6.92 Å². The van der Waals surface area contributed by atoms with E-state index in [2.05, 4.69) is 20.3 Å². The number of nitrogens with one attached hydrogen (secondary N) is 1. The van der Waals surface area contributed by atoms with Crippen LogP contribution in [-0.4, -0.2) is 56.0 Å². The number of rotatable bonds is 7. The number of anilines is 2. The van der Waals surface area contributed by atoms with Gasteiger partial charge in [0.15, 0.2) is 10.4 Å². The number of methoxy groups -OCH3 is 1. The molecule has 1 aromatic heterocycles. The Hall–Kier alpha value is -3.16. The van der Waals surface area contributed by atoms with Crippen LogP contribution in [0, 0.1) is 6.92 Å². The second-order valence-electron chi connectivity index (χ2n) is 7.15. The molecule has 2 heterocycles. The van der Waals surface area contributed by atoms with Crippen molar-refractivity contribution in [2.24, 2.45) is 0 Å². The van der Waals surface area contributed by atoms with Crippen molar-refractivity contribution in [2.45, 2.75) is 22.3 Å². The lowest BCUT2D eigenvalue weighted by atomic mass is 10.1. The maximum atomic E-state index is 13.4. The average Bonchev–Trinajstić information content (AvgIpc) is 3.29. The number of ether oxygens (including phenoxy) is 2. The zero-order chi connectivity index (χ0) is 24.3. The number of carbonyl (C=O) groups excluding carboxylic acids is 2. The van der Waals surface area contributed by atoms with E-state index in [0.29, 0.717) is 10.0 Å². The normalized spacial score (nSPS) is 15.2. The van der Waals surface area contributed by atoms with Gasteiger partial charge in [-0.2, -0.15) is 0 Å². The van der Waals surface area contributed by atoms with E-state index in [1.54, 1.807) is 36.4 Å². The number of fused-ring (bicyclic) bond motifs is 1. The molecular formula is C21H20N4O6S3. The first-order valence-electron chi connectivity index (χ1n) is 9.97. The Labute approximate surface area is 204 Å². The van der Waals surface area contributed by atoms with Gasteiger partial charge in [0.2, 0.25) is 5.13 Å². The summed E-state index contributed by atoms with van der Waals surface area (Å²) in [5, 5.41) is 10.6. The van der Waals surface area contributed by atoms with Crippen LogP contribution in [0.2, 0.25) is 0 Å². The topological polar surface area (TPSA) is 128 Å². The van der Waals surface area contributed by atoms with E-state index in [-0.39, 0.29) is 28.1 Å². The van der Waals surface area contributed by atoms with Gasteiger partial charge >= 0.3 is 5.97 Å². The Morgan fingerprint density at radius 1 is 1.24 bits per heavy atom. The number of sulfonamides is 1. The fourth-order valence-corrected chi connectivity index (χ4v) is 6.21. The number of hydrogen-bond donors (Lipinski definition) is 1. The molecule has 1 atom stereocenters. The van der Waals surface area contributed by atoms with Crippen LogP contribution < -0.4 is 14.4 Å². The minimum absolute atomic E-state index is 0.0628. The predicted octanol–water partition coefficient (Wildman–Crippen LogP) is 2.71. The fourth-order valence-electron chi connectivity index (χ4n) is 3.13. The van der Waals surface area contributed by atoms with Crippen molar-refractivity contribution in [3.63, 3.8) is 0 Å². The van der Waals surface area contributed by atoms with Crippen molar-refractivity contribution in [2.75, 3.05) is 29.0 Å². The largest absolute Gasteiger partial charge is 0.476 e. The first-order chi connectivity index (χ1) is 16.3. The SMILES string of the molecule is COC(=O)CSc1nnc(NC(=O)[C@H]2CN(S(=O)(=O)c3ccccc3)c3cc(C)ccc3O2)s1. The van der Waals surface area contributed by atoms with Crippen LogP contribution in [0.3, 0.4) is 0 Å². The standard InChI is InChI=1S/C21H20N4O6S3/c1-13-8-9-16-15(10-13)25(34(28,29)14-6-4-3-5-7-14)11-17(31-16)19(27)22-20-23-24-21(33-20)32-12-18(26)30-2/h3-10,17H,11-12H2,1-2H3,(H,22,23,27)/t17-/m1/s1. The molecule has 1 aliphatic heterocycles. The maximum Gasteiger partial charge on any atom is 0.316 e. The summed E-state index contributed by atoms with van der Waals surface area (Å²) in [7, 11) is -2.65. The molecule has 0 saturated carbocycles. The fraction of sp³-hybridized carbons (Fsp3) is 0.238. The van der Waals surface area contributed by atoms with Crippen molar-refractivity contribution in [1.29, 1.82) is 0 Å². The summed E-state index contributed by atoms with van der Waals surface area (Å²) in [6, 6.07) is 13.1. The number of hydrogen-bond acceptors (Lipinski definition) is 10. The van der Waals surface area contributed by atoms with Gasteiger partial charge in [-0.05, 0) is 36.8 Å². The van der Waals surface area contributed by atoms with Gasteiger partial charge in [0, 0.05) is 0 Å². The zero-order valence-corrected chi connectivity index (χ0v) is 20.6. The molecule has 0 fully saturated rings. The number of esters is 1. The van der Waals surface area contributed by atoms with E-state index in [0.717, 1.165) is 28.7 Å². The van der Waals surface area contributed by atoms with Crippen LogP contribution in [0.25, 0.3) is 0 Å². The van der Waals surface area contributed by atoms with Gasteiger partial charge in [0.25, 0.3) is 15.9 Å². The molecule has 0 spiro atoms. The Morgan fingerprint density at radius 3 is 2.74 bits per heavy atom. The third-order valence-electron chi connectivity index (χ3n) is 4.79. The molecule has 1 amide bonds. The van der Waals surface area contributed by atoms with Gasteiger partial charge in [-0.1, -0.05) is 47.4 Å². The summed E-state index contributed by atoms with van der Waals surface area (Å²) in [4.78, 5) is 24.4. The van der Waals surface area contributed by atoms with E-state index in [4.69, 9.17) is 4.74 Å². The molecule has 1 aliphatic rings. The third-order valence-corrected chi connectivity index (χ3v) is 8.52. The zero-order valence-electron chi connectivity index (χ0n) is 18.1. The van der Waals surface area contributed by atoms with Crippen molar-refractivity contribution < 1.29 is 27.5 Å². The molecule has 0 bridgehead atoms. The minimum atomic E-state index is -3.94. The third kappa shape index (κ3) is 5.16. The monoisotopic (exact) mass is 520 g/mol. The number of benzene rings is 2. The number of aromatic nitrogens is 2. The first-order valence-corrected chi connectivity index (χ1v) is 13.2. The summed E-state index contributed by atoms with van der Waals surface area (Å²) < 4.78 is 38.9. The van der Waals surface area contributed by atoms with Crippen molar-refractivity contribution in [1.82, 2.24) is 10.2 Å². The number of nitrogens with zero attached hydrogens (tertiary/aromatic N) is 3. The van der Waals surface area contributed by atoms with Gasteiger partial charge in [-0.25, -0.2) is 8.42 Å². The Morgan fingerprint density at radius 2 is 2.00 bits per heavy atom. The molecule has 3 aromatic rings. The molecule has 0 saturated heterocycles. The second kappa shape index (κ2) is 9.99. The first kappa shape index (κ1) is 24.0. The molecule has 0 radical (unpaired) electrons. The van der Waals surface area contributed by atoms with Crippen LogP contribution in [0.5, 0.6) is 5.75 Å². The molecule has 13 heteroatoms. The number of carbonyl (C=O) groups is 2. The lowest BCUT2D eigenvalue weighted by Crippen LogP contribution is -2.48. The minimum Gasteiger partial charge on any atom is -0.476 e. The van der Waals surface area contributed by atoms with Gasteiger partial charge < -0.3 is 9.47 Å². The van der Waals surface area contributed by atoms with Gasteiger partial charge in [0.1, 0.15) is 5.75 Å². The summed E-state index contributed by atoms with van der Waals surface area (Å²) in [5.74, 6) is -0.633. The molecule has 0 unspecified atom stereocenters. The van der Waals surface area contributed by atoms with Crippen LogP contribution in [0.15, 0.2) is 57.8 Å². The van der Waals surface area contributed by atoms with Crippen LogP contribution in [0.4, 0.5) is 10.8 Å².